The van der Waals surface area contributed by atoms with E-state index in [9.17, 15) is 0 Å². The fourth-order valence-electron chi connectivity index (χ4n) is 2.82. The van der Waals surface area contributed by atoms with Crippen molar-refractivity contribution in [2.24, 2.45) is 0 Å². The van der Waals surface area contributed by atoms with Crippen LogP contribution in [0, 0.1) is 0 Å². The van der Waals surface area contributed by atoms with Crippen LogP contribution in [0.1, 0.15) is 30.9 Å². The number of nitrogens with one attached hydrogen (secondary N) is 1. The van der Waals surface area contributed by atoms with E-state index in [0.29, 0.717) is 12.1 Å². The third-order valence-corrected chi connectivity index (χ3v) is 3.97. The molecule has 0 spiro atoms. The van der Waals surface area contributed by atoms with Crippen LogP contribution in [0.2, 0.25) is 0 Å². The lowest BCUT2D eigenvalue weighted by atomic mass is 9.87. The Morgan fingerprint density at radius 1 is 1.32 bits per heavy atom. The molecule has 2 atom stereocenters. The minimum atomic E-state index is 0.460. The van der Waals surface area contributed by atoms with Crippen molar-refractivity contribution in [2.45, 2.75) is 44.7 Å². The molecule has 1 aliphatic carbocycles. The molecule has 0 aliphatic heterocycles. The maximum atomic E-state index is 5.32. The summed E-state index contributed by atoms with van der Waals surface area (Å²) in [6.45, 7) is 2.99. The van der Waals surface area contributed by atoms with E-state index >= 15 is 0 Å². The highest BCUT2D eigenvalue weighted by Crippen LogP contribution is 2.25. The molecule has 0 radical (unpaired) electrons. The minimum absolute atomic E-state index is 0.460. The van der Waals surface area contributed by atoms with Gasteiger partial charge in [0, 0.05) is 19.2 Å². The van der Waals surface area contributed by atoms with Gasteiger partial charge in [-0.05, 0) is 48.9 Å². The number of benzene rings is 1. The molecule has 0 bridgehead atoms. The van der Waals surface area contributed by atoms with Crippen molar-refractivity contribution in [3.05, 3.63) is 29.3 Å². The van der Waals surface area contributed by atoms with Crippen LogP contribution in [-0.4, -0.2) is 32.9 Å². The average molecular weight is 263 g/mol. The van der Waals surface area contributed by atoms with Gasteiger partial charge >= 0.3 is 0 Å². The summed E-state index contributed by atoms with van der Waals surface area (Å²) in [6, 6.07) is 7.46. The Kier molecular flexibility index (Phi) is 5.23. The summed E-state index contributed by atoms with van der Waals surface area (Å²) >= 11 is 0. The second kappa shape index (κ2) is 6.92. The fourth-order valence-corrected chi connectivity index (χ4v) is 2.82. The smallest absolute Gasteiger partial charge is 0.119 e. The van der Waals surface area contributed by atoms with Crippen LogP contribution in [0.4, 0.5) is 0 Å². The molecule has 19 heavy (non-hydrogen) atoms. The average Bonchev–Trinajstić information content (AvgIpc) is 2.46. The van der Waals surface area contributed by atoms with Crippen LogP contribution in [0.15, 0.2) is 18.2 Å². The van der Waals surface area contributed by atoms with Gasteiger partial charge in [-0.25, -0.2) is 0 Å². The van der Waals surface area contributed by atoms with Crippen molar-refractivity contribution >= 4 is 0 Å². The number of hydrogen-bond acceptors (Lipinski definition) is 3. The van der Waals surface area contributed by atoms with Crippen molar-refractivity contribution in [3.63, 3.8) is 0 Å². The largest absolute Gasteiger partial charge is 0.497 e. The summed E-state index contributed by atoms with van der Waals surface area (Å²) in [5, 5.41) is 3.72. The van der Waals surface area contributed by atoms with E-state index in [1.165, 1.54) is 17.5 Å². The van der Waals surface area contributed by atoms with Gasteiger partial charge < -0.3 is 14.8 Å². The molecule has 1 aliphatic rings. The molecule has 1 aromatic carbocycles. The van der Waals surface area contributed by atoms with Gasteiger partial charge in [-0.3, -0.25) is 0 Å². The van der Waals surface area contributed by atoms with Crippen LogP contribution < -0.4 is 10.1 Å². The molecule has 1 aromatic rings. The molecule has 0 saturated carbocycles. The van der Waals surface area contributed by atoms with Crippen LogP contribution in [0.3, 0.4) is 0 Å². The van der Waals surface area contributed by atoms with Gasteiger partial charge in [-0.1, -0.05) is 13.0 Å². The van der Waals surface area contributed by atoms with Gasteiger partial charge in [-0.2, -0.15) is 0 Å². The summed E-state index contributed by atoms with van der Waals surface area (Å²) in [7, 11) is 3.50. The van der Waals surface area contributed by atoms with E-state index in [4.69, 9.17) is 9.47 Å². The predicted molar refractivity (Wildman–Crippen MR) is 77.9 cm³/mol. The van der Waals surface area contributed by atoms with E-state index in [-0.39, 0.29) is 0 Å². The monoisotopic (exact) mass is 263 g/mol. The van der Waals surface area contributed by atoms with Crippen molar-refractivity contribution in [1.82, 2.24) is 5.32 Å². The molecule has 106 valence electrons. The quantitative estimate of drug-likeness (QED) is 0.855. The molecule has 0 amide bonds. The molecular formula is C16H25NO2. The Morgan fingerprint density at radius 2 is 2.16 bits per heavy atom. The number of rotatable bonds is 6. The second-order valence-electron chi connectivity index (χ2n) is 5.30. The van der Waals surface area contributed by atoms with Gasteiger partial charge in [0.1, 0.15) is 5.75 Å². The Bertz CT molecular complexity index is 406. The topological polar surface area (TPSA) is 30.5 Å². The van der Waals surface area contributed by atoms with E-state index in [1.807, 2.05) is 0 Å². The van der Waals surface area contributed by atoms with Crippen molar-refractivity contribution in [3.8, 4) is 5.75 Å². The van der Waals surface area contributed by atoms with E-state index in [2.05, 4.69) is 30.4 Å². The SMILES string of the molecule is CCC(COC)NC1CCc2ccc(OC)cc2C1. The molecule has 0 saturated heterocycles. The number of methoxy groups -OCH3 is 2. The van der Waals surface area contributed by atoms with Gasteiger partial charge in [0.05, 0.1) is 13.7 Å². The van der Waals surface area contributed by atoms with Gasteiger partial charge in [0.2, 0.25) is 0 Å². The molecule has 0 aromatic heterocycles. The Hall–Kier alpha value is -1.06. The first kappa shape index (κ1) is 14.4. The predicted octanol–water partition coefficient (Wildman–Crippen LogP) is 2.57. The molecule has 3 heteroatoms. The number of ether oxygens (including phenoxy) is 2. The number of hydrogen-bond donors (Lipinski definition) is 1. The van der Waals surface area contributed by atoms with E-state index in [1.54, 1.807) is 14.2 Å². The molecule has 0 heterocycles. The summed E-state index contributed by atoms with van der Waals surface area (Å²) in [6.07, 6.45) is 4.56. The zero-order valence-corrected chi connectivity index (χ0v) is 12.2. The van der Waals surface area contributed by atoms with Crippen molar-refractivity contribution < 1.29 is 9.47 Å². The summed E-state index contributed by atoms with van der Waals surface area (Å²) in [5.41, 5.74) is 2.90. The number of aryl methyl sites for hydroxylation is 1. The molecular weight excluding hydrogens is 238 g/mol. The van der Waals surface area contributed by atoms with Crippen LogP contribution in [0.5, 0.6) is 5.75 Å². The first-order valence-electron chi connectivity index (χ1n) is 7.17. The lowest BCUT2D eigenvalue weighted by Gasteiger charge is -2.29. The normalized spacial score (nSPS) is 19.8. The fraction of sp³-hybridized carbons (Fsp3) is 0.625. The summed E-state index contributed by atoms with van der Waals surface area (Å²) < 4.78 is 10.6. The first-order valence-corrected chi connectivity index (χ1v) is 7.17. The highest BCUT2D eigenvalue weighted by atomic mass is 16.5. The molecule has 1 N–H and O–H groups in total. The van der Waals surface area contributed by atoms with Crippen LogP contribution in [-0.2, 0) is 17.6 Å². The third kappa shape index (κ3) is 3.71. The first-order chi connectivity index (χ1) is 9.26. The molecule has 3 nitrogen and oxygen atoms in total. The maximum Gasteiger partial charge on any atom is 0.119 e. The van der Waals surface area contributed by atoms with Crippen LogP contribution in [0.25, 0.3) is 0 Å². The lowest BCUT2D eigenvalue weighted by Crippen LogP contribution is -2.43. The van der Waals surface area contributed by atoms with Crippen molar-refractivity contribution in [1.29, 1.82) is 0 Å². The Labute approximate surface area is 116 Å². The van der Waals surface area contributed by atoms with Gasteiger partial charge in [0.25, 0.3) is 0 Å². The van der Waals surface area contributed by atoms with Crippen molar-refractivity contribution in [2.75, 3.05) is 20.8 Å². The third-order valence-electron chi connectivity index (χ3n) is 3.97. The van der Waals surface area contributed by atoms with Crippen LogP contribution >= 0.6 is 0 Å². The Morgan fingerprint density at radius 3 is 2.84 bits per heavy atom. The molecule has 0 fully saturated rings. The van der Waals surface area contributed by atoms with E-state index < -0.39 is 0 Å². The highest BCUT2D eigenvalue weighted by molar-refractivity contribution is 5.37. The number of fused-ring (bicyclic) bond motifs is 1. The lowest BCUT2D eigenvalue weighted by molar-refractivity contribution is 0.156. The van der Waals surface area contributed by atoms with E-state index in [0.717, 1.165) is 31.6 Å². The highest BCUT2D eigenvalue weighted by Gasteiger charge is 2.21. The molecule has 2 unspecified atom stereocenters. The summed E-state index contributed by atoms with van der Waals surface area (Å²) in [4.78, 5) is 0. The van der Waals surface area contributed by atoms with Gasteiger partial charge in [-0.15, -0.1) is 0 Å². The molecule has 2 rings (SSSR count). The standard InChI is InChI=1S/C16H25NO2/c1-4-14(11-18-2)17-15-7-5-12-6-8-16(19-3)10-13(12)9-15/h6,8,10,14-15,17H,4-5,7,9,11H2,1-3H3. The second-order valence-corrected chi connectivity index (χ2v) is 5.30. The Balaban J connectivity index is 2.00. The maximum absolute atomic E-state index is 5.32. The zero-order valence-electron chi connectivity index (χ0n) is 12.2. The minimum Gasteiger partial charge on any atom is -0.497 e. The van der Waals surface area contributed by atoms with Gasteiger partial charge in [0.15, 0.2) is 0 Å². The zero-order chi connectivity index (χ0) is 13.7. The summed E-state index contributed by atoms with van der Waals surface area (Å²) in [5.74, 6) is 0.961.